The molecule has 0 unspecified atom stereocenters. The minimum absolute atomic E-state index is 0.998. The lowest BCUT2D eigenvalue weighted by Gasteiger charge is -1.97. The largest absolute Gasteiger partial charge is 0.464 e. The molecule has 0 bridgehead atoms. The van der Waals surface area contributed by atoms with E-state index in [1.807, 2.05) is 6.07 Å². The summed E-state index contributed by atoms with van der Waals surface area (Å²) in [6.45, 7) is 1.06. The minimum Gasteiger partial charge on any atom is -0.464 e. The van der Waals surface area contributed by atoms with Gasteiger partial charge >= 0.3 is 0 Å². The second kappa shape index (κ2) is 2.03. The summed E-state index contributed by atoms with van der Waals surface area (Å²) in [5.41, 5.74) is 3.64. The number of hydrogen-bond acceptors (Lipinski definition) is 2. The number of benzene rings is 1. The van der Waals surface area contributed by atoms with Gasteiger partial charge in [0.05, 0.1) is 6.26 Å². The van der Waals surface area contributed by atoms with Crippen LogP contribution < -0.4 is 5.32 Å². The zero-order valence-electron chi connectivity index (χ0n) is 6.63. The quantitative estimate of drug-likeness (QED) is 0.638. The molecule has 2 heterocycles. The third kappa shape index (κ3) is 0.694. The van der Waals surface area contributed by atoms with Crippen LogP contribution >= 0.6 is 0 Å². The van der Waals surface area contributed by atoms with Crippen molar-refractivity contribution in [3.63, 3.8) is 0 Å². The predicted molar refractivity (Wildman–Crippen MR) is 48.4 cm³/mol. The molecule has 2 nitrogen and oxygen atoms in total. The first kappa shape index (κ1) is 6.12. The number of anilines is 1. The molecule has 0 saturated heterocycles. The molecule has 0 fully saturated rings. The van der Waals surface area contributed by atoms with Crippen LogP contribution in [-0.4, -0.2) is 6.54 Å². The highest BCUT2D eigenvalue weighted by Crippen LogP contribution is 2.28. The van der Waals surface area contributed by atoms with Crippen molar-refractivity contribution >= 4 is 16.7 Å². The maximum absolute atomic E-state index is 5.32. The third-order valence-electron chi connectivity index (χ3n) is 2.39. The molecule has 1 N–H and O–H groups in total. The summed E-state index contributed by atoms with van der Waals surface area (Å²) in [5, 5.41) is 4.52. The zero-order valence-corrected chi connectivity index (χ0v) is 6.63. The fourth-order valence-electron chi connectivity index (χ4n) is 1.75. The molecule has 12 heavy (non-hydrogen) atoms. The van der Waals surface area contributed by atoms with Crippen LogP contribution in [-0.2, 0) is 6.42 Å². The minimum atomic E-state index is 0.998. The Bertz CT molecular complexity index is 392. The second-order valence-electron chi connectivity index (χ2n) is 3.14. The summed E-state index contributed by atoms with van der Waals surface area (Å²) < 4.78 is 5.32. The number of hydrogen-bond donors (Lipinski definition) is 1. The summed E-state index contributed by atoms with van der Waals surface area (Å²) >= 11 is 0. The summed E-state index contributed by atoms with van der Waals surface area (Å²) in [7, 11) is 0. The predicted octanol–water partition coefficient (Wildman–Crippen LogP) is 2.40. The van der Waals surface area contributed by atoms with Crippen molar-refractivity contribution in [3.8, 4) is 0 Å². The van der Waals surface area contributed by atoms with E-state index in [0.29, 0.717) is 0 Å². The van der Waals surface area contributed by atoms with E-state index in [1.165, 1.54) is 16.6 Å². The van der Waals surface area contributed by atoms with E-state index in [4.69, 9.17) is 4.42 Å². The Kier molecular flexibility index (Phi) is 1.04. The van der Waals surface area contributed by atoms with E-state index in [-0.39, 0.29) is 0 Å². The average Bonchev–Trinajstić information content (AvgIpc) is 2.64. The van der Waals surface area contributed by atoms with Crippen molar-refractivity contribution < 1.29 is 4.42 Å². The molecule has 2 heteroatoms. The molecular weight excluding hydrogens is 150 g/mol. The first-order valence-corrected chi connectivity index (χ1v) is 4.17. The molecule has 0 spiro atoms. The Hall–Kier alpha value is -1.44. The molecule has 1 aromatic heterocycles. The fraction of sp³-hybridized carbons (Fsp3) is 0.200. The Labute approximate surface area is 70.2 Å². The highest BCUT2D eigenvalue weighted by Gasteiger charge is 2.11. The Balaban J connectivity index is 2.38. The SMILES string of the molecule is c1cc2cc3c(cc2o1)CCN3. The van der Waals surface area contributed by atoms with E-state index >= 15 is 0 Å². The van der Waals surface area contributed by atoms with E-state index in [2.05, 4.69) is 17.4 Å². The lowest BCUT2D eigenvalue weighted by Crippen LogP contribution is -1.90. The van der Waals surface area contributed by atoms with Crippen LogP contribution in [0.1, 0.15) is 5.56 Å². The molecule has 0 atom stereocenters. The first-order valence-electron chi connectivity index (χ1n) is 4.17. The van der Waals surface area contributed by atoms with Gasteiger partial charge < -0.3 is 9.73 Å². The molecule has 1 aliphatic rings. The average molecular weight is 159 g/mol. The monoisotopic (exact) mass is 159 g/mol. The van der Waals surface area contributed by atoms with E-state index in [9.17, 15) is 0 Å². The smallest absolute Gasteiger partial charge is 0.134 e. The van der Waals surface area contributed by atoms with Crippen LogP contribution in [0.2, 0.25) is 0 Å². The van der Waals surface area contributed by atoms with Gasteiger partial charge in [-0.3, -0.25) is 0 Å². The Morgan fingerprint density at radius 3 is 3.33 bits per heavy atom. The number of fused-ring (bicyclic) bond motifs is 2. The number of furan rings is 1. The summed E-state index contributed by atoms with van der Waals surface area (Å²) in [5.74, 6) is 0. The van der Waals surface area contributed by atoms with Gasteiger partial charge in [-0.15, -0.1) is 0 Å². The van der Waals surface area contributed by atoms with E-state index < -0.39 is 0 Å². The van der Waals surface area contributed by atoms with Gasteiger partial charge in [-0.1, -0.05) is 0 Å². The normalized spacial score (nSPS) is 14.7. The van der Waals surface area contributed by atoms with Crippen LogP contribution in [0.4, 0.5) is 5.69 Å². The maximum Gasteiger partial charge on any atom is 0.134 e. The highest BCUT2D eigenvalue weighted by atomic mass is 16.3. The van der Waals surface area contributed by atoms with Crippen molar-refractivity contribution in [2.45, 2.75) is 6.42 Å². The zero-order chi connectivity index (χ0) is 7.97. The molecule has 1 aliphatic heterocycles. The second-order valence-corrected chi connectivity index (χ2v) is 3.14. The van der Waals surface area contributed by atoms with Crippen molar-refractivity contribution in [3.05, 3.63) is 30.0 Å². The fourth-order valence-corrected chi connectivity index (χ4v) is 1.75. The van der Waals surface area contributed by atoms with Gasteiger partial charge in [0.1, 0.15) is 5.58 Å². The molecule has 60 valence electrons. The Morgan fingerprint density at radius 2 is 2.33 bits per heavy atom. The first-order chi connectivity index (χ1) is 5.93. The molecule has 0 saturated carbocycles. The molecule has 3 rings (SSSR count). The van der Waals surface area contributed by atoms with Gasteiger partial charge in [0.15, 0.2) is 0 Å². The van der Waals surface area contributed by atoms with Gasteiger partial charge in [-0.2, -0.15) is 0 Å². The molecule has 0 aliphatic carbocycles. The van der Waals surface area contributed by atoms with Gasteiger partial charge in [0.2, 0.25) is 0 Å². The topological polar surface area (TPSA) is 25.2 Å². The van der Waals surface area contributed by atoms with E-state index in [0.717, 1.165) is 18.5 Å². The van der Waals surface area contributed by atoms with Crippen LogP contribution in [0.15, 0.2) is 28.9 Å². The summed E-state index contributed by atoms with van der Waals surface area (Å²) in [4.78, 5) is 0. The van der Waals surface area contributed by atoms with Gasteiger partial charge in [0.25, 0.3) is 0 Å². The van der Waals surface area contributed by atoms with Crippen LogP contribution in [0.3, 0.4) is 0 Å². The molecule has 1 aromatic carbocycles. The lowest BCUT2D eigenvalue weighted by molar-refractivity contribution is 0.615. The van der Waals surface area contributed by atoms with Crippen molar-refractivity contribution in [1.82, 2.24) is 0 Å². The molecule has 0 radical (unpaired) electrons. The van der Waals surface area contributed by atoms with Crippen LogP contribution in [0.5, 0.6) is 0 Å². The molecule has 2 aromatic rings. The standard InChI is InChI=1S/C10H9NO/c1-3-11-9-5-8-2-4-12-10(8)6-7(1)9/h2,4-6,11H,1,3H2. The Morgan fingerprint density at radius 1 is 1.33 bits per heavy atom. The van der Waals surface area contributed by atoms with Crippen LogP contribution in [0, 0.1) is 0 Å². The number of rotatable bonds is 0. The van der Waals surface area contributed by atoms with Gasteiger partial charge in [-0.25, -0.2) is 0 Å². The highest BCUT2D eigenvalue weighted by molar-refractivity contribution is 5.83. The van der Waals surface area contributed by atoms with Crippen LogP contribution in [0.25, 0.3) is 11.0 Å². The number of nitrogens with one attached hydrogen (secondary N) is 1. The third-order valence-corrected chi connectivity index (χ3v) is 2.39. The summed E-state index contributed by atoms with van der Waals surface area (Å²) in [6.07, 6.45) is 2.85. The van der Waals surface area contributed by atoms with Crippen molar-refractivity contribution in [2.24, 2.45) is 0 Å². The van der Waals surface area contributed by atoms with Crippen molar-refractivity contribution in [1.29, 1.82) is 0 Å². The van der Waals surface area contributed by atoms with E-state index in [1.54, 1.807) is 6.26 Å². The molecular formula is C10H9NO. The van der Waals surface area contributed by atoms with Gasteiger partial charge in [0, 0.05) is 17.6 Å². The molecule has 0 amide bonds. The van der Waals surface area contributed by atoms with Crippen molar-refractivity contribution in [2.75, 3.05) is 11.9 Å². The lowest BCUT2D eigenvalue weighted by atomic mass is 10.1. The maximum atomic E-state index is 5.32. The summed E-state index contributed by atoms with van der Waals surface area (Å²) in [6, 6.07) is 6.28. The van der Waals surface area contributed by atoms with Gasteiger partial charge in [-0.05, 0) is 30.2 Å².